The fourth-order valence-electron chi connectivity index (χ4n) is 0.652. The summed E-state index contributed by atoms with van der Waals surface area (Å²) in [5.41, 5.74) is 0. The van der Waals surface area contributed by atoms with Gasteiger partial charge >= 0.3 is 6.29 Å². The van der Waals surface area contributed by atoms with Crippen molar-refractivity contribution < 1.29 is 18.3 Å². The molecule has 1 aliphatic heterocycles. The molecule has 0 aromatic carbocycles. The molecular weight excluding hydrogens is 130 g/mol. The van der Waals surface area contributed by atoms with Gasteiger partial charge in [-0.3, -0.25) is 9.47 Å². The second-order valence-electron chi connectivity index (χ2n) is 2.11. The second-order valence-corrected chi connectivity index (χ2v) is 2.11. The fourth-order valence-corrected chi connectivity index (χ4v) is 0.652. The largest absolute Gasteiger partial charge is 0.486 e. The second kappa shape index (κ2) is 1.88. The molecule has 2 nitrogen and oxygen atoms in total. The third-order valence-corrected chi connectivity index (χ3v) is 1.31. The molecule has 0 aliphatic carbocycles. The van der Waals surface area contributed by atoms with Crippen molar-refractivity contribution in [3.05, 3.63) is 0 Å². The summed E-state index contributed by atoms with van der Waals surface area (Å²) in [5, 5.41) is 0. The van der Waals surface area contributed by atoms with Crippen molar-refractivity contribution in [1.82, 2.24) is 0 Å². The van der Waals surface area contributed by atoms with Gasteiger partial charge in [0, 0.05) is 0 Å². The predicted octanol–water partition coefficient (Wildman–Crippen LogP) is 1.36. The van der Waals surface area contributed by atoms with Gasteiger partial charge in [-0.2, -0.15) is 0 Å². The predicted molar refractivity (Wildman–Crippen MR) is 26.0 cm³/mol. The number of hydrogen-bond donors (Lipinski definition) is 0. The van der Waals surface area contributed by atoms with Crippen LogP contribution in [0.5, 0.6) is 0 Å². The molecule has 0 radical (unpaired) electrons. The van der Waals surface area contributed by atoms with E-state index in [0.717, 1.165) is 0 Å². The molecule has 0 bridgehead atoms. The molecule has 2 atom stereocenters. The van der Waals surface area contributed by atoms with Gasteiger partial charge in [0.05, 0.1) is 12.2 Å². The lowest BCUT2D eigenvalue weighted by molar-refractivity contribution is -0.349. The van der Waals surface area contributed by atoms with Gasteiger partial charge in [0.2, 0.25) is 0 Å². The van der Waals surface area contributed by atoms with E-state index in [9.17, 15) is 8.78 Å². The summed E-state index contributed by atoms with van der Waals surface area (Å²) in [6, 6.07) is 0. The smallest absolute Gasteiger partial charge is 0.290 e. The summed E-state index contributed by atoms with van der Waals surface area (Å²) in [6.07, 6.45) is -4.39. The molecule has 1 aliphatic rings. The Balaban J connectivity index is 2.54. The van der Waals surface area contributed by atoms with Crippen molar-refractivity contribution in [2.45, 2.75) is 32.4 Å². The van der Waals surface area contributed by atoms with Crippen molar-refractivity contribution in [3.63, 3.8) is 0 Å². The van der Waals surface area contributed by atoms with E-state index >= 15 is 0 Å². The summed E-state index contributed by atoms with van der Waals surface area (Å²) in [6.45, 7) is 3.09. The number of halogens is 2. The third kappa shape index (κ3) is 1.37. The van der Waals surface area contributed by atoms with E-state index in [1.54, 1.807) is 13.8 Å². The van der Waals surface area contributed by atoms with Crippen LogP contribution >= 0.6 is 0 Å². The van der Waals surface area contributed by atoms with Crippen LogP contribution in [0.25, 0.3) is 0 Å². The minimum Gasteiger partial charge on any atom is -0.290 e. The van der Waals surface area contributed by atoms with E-state index in [1.165, 1.54) is 0 Å². The zero-order valence-electron chi connectivity index (χ0n) is 5.23. The molecular formula is C5H8F2O2. The highest BCUT2D eigenvalue weighted by atomic mass is 19.3. The lowest BCUT2D eigenvalue weighted by Gasteiger charge is -2.04. The van der Waals surface area contributed by atoms with Crippen molar-refractivity contribution in [2.24, 2.45) is 0 Å². The average Bonchev–Trinajstić information content (AvgIpc) is 1.79. The molecule has 1 heterocycles. The van der Waals surface area contributed by atoms with Crippen LogP contribution in [-0.2, 0) is 9.47 Å². The van der Waals surface area contributed by atoms with Crippen LogP contribution in [0.4, 0.5) is 8.78 Å². The Morgan fingerprint density at radius 3 is 1.56 bits per heavy atom. The fraction of sp³-hybridized carbons (Fsp3) is 1.00. The molecule has 1 rings (SSSR count). The number of hydrogen-bond acceptors (Lipinski definition) is 2. The topological polar surface area (TPSA) is 18.5 Å². The Labute approximate surface area is 51.8 Å². The highest BCUT2D eigenvalue weighted by Crippen LogP contribution is 2.30. The van der Waals surface area contributed by atoms with Crippen molar-refractivity contribution in [2.75, 3.05) is 0 Å². The highest BCUT2D eigenvalue weighted by Gasteiger charge is 2.45. The van der Waals surface area contributed by atoms with Gasteiger partial charge < -0.3 is 0 Å². The number of ether oxygens (including phenoxy) is 2. The molecule has 9 heavy (non-hydrogen) atoms. The molecule has 4 heteroatoms. The first-order valence-electron chi connectivity index (χ1n) is 2.75. The maximum Gasteiger partial charge on any atom is 0.486 e. The Morgan fingerprint density at radius 2 is 1.44 bits per heavy atom. The van der Waals surface area contributed by atoms with Gasteiger partial charge in [-0.05, 0) is 13.8 Å². The summed E-state index contributed by atoms with van der Waals surface area (Å²) in [4.78, 5) is 0. The van der Waals surface area contributed by atoms with E-state index in [-0.39, 0.29) is 0 Å². The summed E-state index contributed by atoms with van der Waals surface area (Å²) in [7, 11) is 0. The summed E-state index contributed by atoms with van der Waals surface area (Å²) in [5.74, 6) is 0. The molecule has 0 aromatic heterocycles. The van der Waals surface area contributed by atoms with Crippen LogP contribution in [0, 0.1) is 0 Å². The van der Waals surface area contributed by atoms with E-state index in [1.807, 2.05) is 0 Å². The van der Waals surface area contributed by atoms with Crippen LogP contribution in [0.1, 0.15) is 13.8 Å². The van der Waals surface area contributed by atoms with Crippen LogP contribution in [0.3, 0.4) is 0 Å². The number of alkyl halides is 2. The first kappa shape index (κ1) is 6.89. The lowest BCUT2D eigenvalue weighted by atomic mass is 10.3. The normalized spacial score (nSPS) is 41.3. The molecule has 0 unspecified atom stereocenters. The molecule has 0 spiro atoms. The minimum atomic E-state index is -3.36. The van der Waals surface area contributed by atoms with Crippen molar-refractivity contribution in [3.8, 4) is 0 Å². The zero-order chi connectivity index (χ0) is 7.07. The lowest BCUT2D eigenvalue weighted by Crippen LogP contribution is -2.16. The van der Waals surface area contributed by atoms with Crippen molar-refractivity contribution >= 4 is 0 Å². The molecule has 0 aromatic rings. The first-order valence-corrected chi connectivity index (χ1v) is 2.75. The Bertz CT molecular complexity index is 104. The van der Waals surface area contributed by atoms with Crippen molar-refractivity contribution in [1.29, 1.82) is 0 Å². The quantitative estimate of drug-likeness (QED) is 0.503. The maximum atomic E-state index is 12.0. The van der Waals surface area contributed by atoms with Crippen LogP contribution in [-0.4, -0.2) is 18.5 Å². The summed E-state index contributed by atoms with van der Waals surface area (Å²) >= 11 is 0. The van der Waals surface area contributed by atoms with E-state index in [2.05, 4.69) is 9.47 Å². The van der Waals surface area contributed by atoms with Gasteiger partial charge in [-0.1, -0.05) is 0 Å². The standard InChI is InChI=1S/C5H8F2O2/c1-3-4(2)9-5(6,7)8-3/h3-4H,1-2H3/t3-,4+. The molecule has 1 saturated heterocycles. The zero-order valence-corrected chi connectivity index (χ0v) is 5.23. The molecule has 0 saturated carbocycles. The van der Waals surface area contributed by atoms with Gasteiger partial charge in [-0.15, -0.1) is 8.78 Å². The average molecular weight is 138 g/mol. The molecule has 54 valence electrons. The SMILES string of the molecule is C[C@@H]1OC(F)(F)O[C@@H]1C. The molecule has 1 fully saturated rings. The van der Waals surface area contributed by atoms with Crippen LogP contribution in [0.2, 0.25) is 0 Å². The van der Waals surface area contributed by atoms with Crippen LogP contribution in [0.15, 0.2) is 0 Å². The minimum absolute atomic E-state index is 0.514. The first-order chi connectivity index (χ1) is 4.01. The van der Waals surface area contributed by atoms with E-state index in [4.69, 9.17) is 0 Å². The van der Waals surface area contributed by atoms with E-state index in [0.29, 0.717) is 0 Å². The Kier molecular flexibility index (Phi) is 1.44. The van der Waals surface area contributed by atoms with Crippen LogP contribution < -0.4 is 0 Å². The van der Waals surface area contributed by atoms with Gasteiger partial charge in [-0.25, -0.2) is 0 Å². The van der Waals surface area contributed by atoms with Gasteiger partial charge in [0.1, 0.15) is 0 Å². The number of rotatable bonds is 0. The molecule has 0 amide bonds. The van der Waals surface area contributed by atoms with Gasteiger partial charge in [0.15, 0.2) is 0 Å². The van der Waals surface area contributed by atoms with Gasteiger partial charge in [0.25, 0.3) is 0 Å². The summed E-state index contributed by atoms with van der Waals surface area (Å²) < 4.78 is 32.2. The van der Waals surface area contributed by atoms with E-state index < -0.39 is 18.5 Å². The monoisotopic (exact) mass is 138 g/mol. The maximum absolute atomic E-state index is 12.0. The highest BCUT2D eigenvalue weighted by molar-refractivity contribution is 4.67. The molecule has 0 N–H and O–H groups in total. The third-order valence-electron chi connectivity index (χ3n) is 1.31. The Morgan fingerprint density at radius 1 is 1.11 bits per heavy atom. The Hall–Kier alpha value is -0.220.